The van der Waals surface area contributed by atoms with Gasteiger partial charge in [-0.1, -0.05) is 75.5 Å². The molecule has 0 fully saturated rings. The number of nitrogens with two attached hydrogens (primary N) is 1. The molecule has 0 spiro atoms. The van der Waals surface area contributed by atoms with Gasteiger partial charge in [0, 0.05) is 6.42 Å². The maximum Gasteiger partial charge on any atom is 0.311 e. The Kier molecular flexibility index (Phi) is 16.3. The van der Waals surface area contributed by atoms with Gasteiger partial charge in [0.05, 0.1) is 6.04 Å². The van der Waals surface area contributed by atoms with Crippen LogP contribution in [0, 0.1) is 0 Å². The van der Waals surface area contributed by atoms with E-state index < -0.39 is 12.3 Å². The van der Waals surface area contributed by atoms with Crippen molar-refractivity contribution in [2.75, 3.05) is 0 Å². The van der Waals surface area contributed by atoms with Gasteiger partial charge in [0.1, 0.15) is 5.75 Å². The second kappa shape index (κ2) is 18.6. The van der Waals surface area contributed by atoms with Crippen molar-refractivity contribution in [2.45, 2.75) is 103 Å². The van der Waals surface area contributed by atoms with E-state index in [2.05, 4.69) is 31.2 Å². The molecule has 1 atom stereocenters. The summed E-state index contributed by atoms with van der Waals surface area (Å²) in [6.07, 6.45) is 21.0. The highest BCUT2D eigenvalue weighted by molar-refractivity contribution is 5.72. The molecule has 0 amide bonds. The number of aliphatic hydroxyl groups is 2. The molecule has 0 aliphatic heterocycles. The normalized spacial score (nSPS) is 12.8. The van der Waals surface area contributed by atoms with Gasteiger partial charge in [-0.05, 0) is 62.6 Å². The van der Waals surface area contributed by atoms with Gasteiger partial charge in [0.15, 0.2) is 6.29 Å². The first kappa shape index (κ1) is 28.1. The second-order valence-electron chi connectivity index (χ2n) is 8.38. The zero-order valence-corrected chi connectivity index (χ0v) is 19.8. The third-order valence-electron chi connectivity index (χ3n) is 5.34. The zero-order valence-electron chi connectivity index (χ0n) is 19.8. The molecule has 0 aliphatic rings. The lowest BCUT2D eigenvalue weighted by atomic mass is 10.1. The number of rotatable bonds is 18. The molecule has 0 aliphatic carbocycles. The van der Waals surface area contributed by atoms with Crippen LogP contribution >= 0.6 is 0 Å². The topological polar surface area (TPSA) is 92.8 Å². The van der Waals surface area contributed by atoms with Gasteiger partial charge >= 0.3 is 5.97 Å². The van der Waals surface area contributed by atoms with Gasteiger partial charge < -0.3 is 20.7 Å². The lowest BCUT2D eigenvalue weighted by molar-refractivity contribution is -0.134. The van der Waals surface area contributed by atoms with Crippen molar-refractivity contribution in [1.82, 2.24) is 0 Å². The Labute approximate surface area is 194 Å². The third kappa shape index (κ3) is 15.0. The molecule has 0 saturated heterocycles. The zero-order chi connectivity index (χ0) is 23.4. The van der Waals surface area contributed by atoms with Crippen molar-refractivity contribution in [2.24, 2.45) is 5.73 Å². The van der Waals surface area contributed by atoms with E-state index in [1.54, 1.807) is 24.3 Å². The molecule has 5 heteroatoms. The van der Waals surface area contributed by atoms with E-state index in [0.717, 1.165) is 37.7 Å². The molecular weight excluding hydrogens is 402 g/mol. The number of carbonyl (C=O) groups is 1. The summed E-state index contributed by atoms with van der Waals surface area (Å²) in [6.45, 7) is 2.23. The average Bonchev–Trinajstić information content (AvgIpc) is 2.77. The van der Waals surface area contributed by atoms with Crippen LogP contribution in [0.3, 0.4) is 0 Å². The largest absolute Gasteiger partial charge is 0.427 e. The molecular formula is C27H43NO4. The minimum absolute atomic E-state index is 0.217. The van der Waals surface area contributed by atoms with Crippen LogP contribution in [0.4, 0.5) is 0 Å². The SMILES string of the molecule is CCCCCC=CCC=CCCCCCCCC(=O)Oc1ccc(C[C@H](N)C(O)O)cc1. The standard InChI is InChI=1S/C27H43NO4/c1-2-3-4-5-6-7-8-9-10-11-12-13-14-15-16-17-26(29)32-24-20-18-23(19-21-24)22-25(28)27(30)31/h6-7,9-10,18-21,25,27,30-31H,2-5,8,11-17,22,28H2,1H3/t25-/m0/s1. The number of hydrogen-bond donors (Lipinski definition) is 3. The molecule has 0 saturated carbocycles. The number of allylic oxidation sites excluding steroid dienone is 4. The van der Waals surface area contributed by atoms with Crippen molar-refractivity contribution < 1.29 is 19.7 Å². The van der Waals surface area contributed by atoms with Crippen molar-refractivity contribution >= 4 is 5.97 Å². The summed E-state index contributed by atoms with van der Waals surface area (Å²) in [7, 11) is 0. The lowest BCUT2D eigenvalue weighted by Crippen LogP contribution is -2.36. The maximum absolute atomic E-state index is 12.0. The quantitative estimate of drug-likeness (QED) is 0.0901. The monoisotopic (exact) mass is 445 g/mol. The van der Waals surface area contributed by atoms with Crippen molar-refractivity contribution in [3.8, 4) is 5.75 Å². The van der Waals surface area contributed by atoms with E-state index in [-0.39, 0.29) is 5.97 Å². The Hall–Kier alpha value is -1.95. The summed E-state index contributed by atoms with van der Waals surface area (Å²) < 4.78 is 5.36. The fourth-order valence-electron chi connectivity index (χ4n) is 3.33. The van der Waals surface area contributed by atoms with Crippen LogP contribution in [0.5, 0.6) is 5.75 Å². The van der Waals surface area contributed by atoms with Crippen LogP contribution in [-0.4, -0.2) is 28.5 Å². The Morgan fingerprint density at radius 3 is 2.12 bits per heavy atom. The Bertz CT molecular complexity index is 652. The number of esters is 1. The molecule has 0 unspecified atom stereocenters. The molecule has 0 heterocycles. The van der Waals surface area contributed by atoms with Crippen LogP contribution in [0.15, 0.2) is 48.6 Å². The van der Waals surface area contributed by atoms with Gasteiger partial charge in [-0.2, -0.15) is 0 Å². The molecule has 180 valence electrons. The molecule has 0 aromatic heterocycles. The predicted molar refractivity (Wildman–Crippen MR) is 131 cm³/mol. The van der Waals surface area contributed by atoms with Gasteiger partial charge in [0.2, 0.25) is 0 Å². The van der Waals surface area contributed by atoms with Crippen LogP contribution < -0.4 is 10.5 Å². The minimum Gasteiger partial charge on any atom is -0.427 e. The summed E-state index contributed by atoms with van der Waals surface area (Å²) in [5, 5.41) is 18.1. The van der Waals surface area contributed by atoms with Gasteiger partial charge in [0.25, 0.3) is 0 Å². The molecule has 1 aromatic carbocycles. The van der Waals surface area contributed by atoms with Crippen LogP contribution in [-0.2, 0) is 11.2 Å². The van der Waals surface area contributed by atoms with E-state index >= 15 is 0 Å². The first-order valence-corrected chi connectivity index (χ1v) is 12.2. The maximum atomic E-state index is 12.0. The summed E-state index contributed by atoms with van der Waals surface area (Å²) in [5.74, 6) is 0.283. The highest BCUT2D eigenvalue weighted by Gasteiger charge is 2.12. The predicted octanol–water partition coefficient (Wildman–Crippen LogP) is 5.59. The number of hydrogen-bond acceptors (Lipinski definition) is 5. The van der Waals surface area contributed by atoms with E-state index in [9.17, 15) is 4.79 Å². The van der Waals surface area contributed by atoms with E-state index in [1.165, 1.54) is 38.5 Å². The summed E-state index contributed by atoms with van der Waals surface area (Å²) in [6, 6.07) is 6.24. The summed E-state index contributed by atoms with van der Waals surface area (Å²) in [4.78, 5) is 12.0. The second-order valence-corrected chi connectivity index (χ2v) is 8.38. The number of carbonyl (C=O) groups excluding carboxylic acids is 1. The molecule has 0 radical (unpaired) electrons. The third-order valence-corrected chi connectivity index (χ3v) is 5.34. The number of benzene rings is 1. The molecule has 5 nitrogen and oxygen atoms in total. The molecule has 1 aromatic rings. The molecule has 4 N–H and O–H groups in total. The summed E-state index contributed by atoms with van der Waals surface area (Å²) >= 11 is 0. The molecule has 0 bridgehead atoms. The van der Waals surface area contributed by atoms with Gasteiger partial charge in [-0.3, -0.25) is 4.79 Å². The number of ether oxygens (including phenoxy) is 1. The highest BCUT2D eigenvalue weighted by Crippen LogP contribution is 2.15. The first-order valence-electron chi connectivity index (χ1n) is 12.2. The smallest absolute Gasteiger partial charge is 0.311 e. The fourth-order valence-corrected chi connectivity index (χ4v) is 3.33. The van der Waals surface area contributed by atoms with E-state index in [1.807, 2.05) is 0 Å². The first-order chi connectivity index (χ1) is 15.5. The van der Waals surface area contributed by atoms with E-state index in [4.69, 9.17) is 20.7 Å². The molecule has 32 heavy (non-hydrogen) atoms. The van der Waals surface area contributed by atoms with E-state index in [0.29, 0.717) is 18.6 Å². The average molecular weight is 446 g/mol. The highest BCUT2D eigenvalue weighted by atomic mass is 16.5. The molecule has 1 rings (SSSR count). The lowest BCUT2D eigenvalue weighted by Gasteiger charge is -2.13. The van der Waals surface area contributed by atoms with Crippen molar-refractivity contribution in [3.63, 3.8) is 0 Å². The Morgan fingerprint density at radius 2 is 1.50 bits per heavy atom. The van der Waals surface area contributed by atoms with Crippen molar-refractivity contribution in [1.29, 1.82) is 0 Å². The van der Waals surface area contributed by atoms with Crippen LogP contribution in [0.2, 0.25) is 0 Å². The minimum atomic E-state index is -1.55. The van der Waals surface area contributed by atoms with Gasteiger partial charge in [-0.15, -0.1) is 0 Å². The Morgan fingerprint density at radius 1 is 0.906 bits per heavy atom. The summed E-state index contributed by atoms with van der Waals surface area (Å²) in [5.41, 5.74) is 6.48. The van der Waals surface area contributed by atoms with Gasteiger partial charge in [-0.25, -0.2) is 0 Å². The van der Waals surface area contributed by atoms with Crippen molar-refractivity contribution in [3.05, 3.63) is 54.1 Å². The van der Waals surface area contributed by atoms with Crippen LogP contribution in [0.1, 0.15) is 89.5 Å². The number of aliphatic hydroxyl groups excluding tert-OH is 1. The Balaban J connectivity index is 2.02. The van der Waals surface area contributed by atoms with Crippen LogP contribution in [0.25, 0.3) is 0 Å². The fraction of sp³-hybridized carbons (Fsp3) is 0.593. The number of unbranched alkanes of at least 4 members (excludes halogenated alkanes) is 8.